The lowest BCUT2D eigenvalue weighted by Gasteiger charge is -2.35. The highest BCUT2D eigenvalue weighted by molar-refractivity contribution is 7.13. The minimum Gasteiger partial charge on any atom is -0.391 e. The van der Waals surface area contributed by atoms with Crippen LogP contribution in [0.5, 0.6) is 0 Å². The Morgan fingerprint density at radius 1 is 0.941 bits per heavy atom. The van der Waals surface area contributed by atoms with Crippen LogP contribution in [-0.2, 0) is 53.0 Å². The van der Waals surface area contributed by atoms with Crippen molar-refractivity contribution in [2.75, 3.05) is 70.0 Å². The van der Waals surface area contributed by atoms with Crippen molar-refractivity contribution in [3.63, 3.8) is 0 Å². The number of aromatic nitrogens is 5. The Kier molecular flexibility index (Phi) is 19.1. The molecule has 0 radical (unpaired) electrons. The van der Waals surface area contributed by atoms with Gasteiger partial charge in [0.05, 0.1) is 93.1 Å². The predicted molar refractivity (Wildman–Crippen MR) is 251 cm³/mol. The van der Waals surface area contributed by atoms with Gasteiger partial charge in [-0.15, -0.1) is 11.3 Å². The molecule has 1 saturated heterocycles. The summed E-state index contributed by atoms with van der Waals surface area (Å²) in [6.07, 6.45) is 3.94. The van der Waals surface area contributed by atoms with Crippen molar-refractivity contribution in [2.45, 2.75) is 71.9 Å². The van der Waals surface area contributed by atoms with Crippen LogP contribution < -0.4 is 21.3 Å². The fourth-order valence-electron chi connectivity index (χ4n) is 7.05. The first-order chi connectivity index (χ1) is 32.6. The standard InChI is InChI=1S/C46H57ClF2N10O8S/c1-29-40(68-28-53-29)31-7-5-30(6-8-31)21-51-43(62)38-20-35(60)26-59(38)44(63)41(46(2,3)4)56-39(61)27-67-18-17-66-16-15-65-14-13-64-12-11-58-25-34(23-54-58)55-45-52-24-36(47)42(57-45)50-22-32-19-33(48)9-10-37(32)49/h5-10,19,23-25,28,35,38,41,60H,11-18,20-22,26-27H2,1-4H3,(H,51,62)(H,56,61)(H2,50,52,55,57)/t35-,38+,41-/m1/s1. The number of halogens is 3. The molecule has 0 bridgehead atoms. The van der Waals surface area contributed by atoms with E-state index < -0.39 is 47.1 Å². The maximum absolute atomic E-state index is 14.0. The maximum Gasteiger partial charge on any atom is 0.246 e. The molecule has 3 atom stereocenters. The van der Waals surface area contributed by atoms with E-state index in [1.165, 1.54) is 11.1 Å². The number of carbonyl (C=O) groups excluding carboxylic acids is 3. The van der Waals surface area contributed by atoms with E-state index in [4.69, 9.17) is 30.5 Å². The minimum atomic E-state index is -0.979. The van der Waals surface area contributed by atoms with Gasteiger partial charge in [-0.05, 0) is 41.7 Å². The van der Waals surface area contributed by atoms with Crippen molar-refractivity contribution in [3.05, 3.63) is 100 Å². The van der Waals surface area contributed by atoms with Gasteiger partial charge in [-0.1, -0.05) is 56.6 Å². The molecule has 0 unspecified atom stereocenters. The molecule has 4 heterocycles. The van der Waals surface area contributed by atoms with Crippen LogP contribution >= 0.6 is 22.9 Å². The fraction of sp³-hybridized carbons (Fsp3) is 0.457. The summed E-state index contributed by atoms with van der Waals surface area (Å²) in [5, 5.41) is 26.7. The third-order valence-electron chi connectivity index (χ3n) is 10.6. The van der Waals surface area contributed by atoms with Gasteiger partial charge in [0.25, 0.3) is 0 Å². The molecule has 0 saturated carbocycles. The lowest BCUT2D eigenvalue weighted by atomic mass is 9.85. The summed E-state index contributed by atoms with van der Waals surface area (Å²) >= 11 is 7.77. The molecule has 3 aromatic heterocycles. The number of ether oxygens (including phenoxy) is 4. The third kappa shape index (κ3) is 15.4. The Bertz CT molecular complexity index is 2440. The first-order valence-electron chi connectivity index (χ1n) is 22.0. The molecule has 68 heavy (non-hydrogen) atoms. The average Bonchev–Trinajstić information content (AvgIpc) is 4.06. The zero-order valence-corrected chi connectivity index (χ0v) is 39.9. The number of hydrogen-bond acceptors (Lipinski definition) is 15. The summed E-state index contributed by atoms with van der Waals surface area (Å²) in [5.41, 5.74) is 4.71. The smallest absolute Gasteiger partial charge is 0.246 e. The van der Waals surface area contributed by atoms with Gasteiger partial charge in [0.15, 0.2) is 5.82 Å². The monoisotopic (exact) mass is 982 g/mol. The Morgan fingerprint density at radius 2 is 1.65 bits per heavy atom. The van der Waals surface area contributed by atoms with Gasteiger partial charge in [-0.25, -0.2) is 18.7 Å². The number of amides is 3. The molecular weight excluding hydrogens is 926 g/mol. The number of rotatable bonds is 25. The number of nitrogens with one attached hydrogen (secondary N) is 4. The van der Waals surface area contributed by atoms with Crippen LogP contribution in [0.3, 0.4) is 0 Å². The molecule has 0 aliphatic carbocycles. The molecular formula is C46H57ClF2N10O8S. The summed E-state index contributed by atoms with van der Waals surface area (Å²) in [4.78, 5) is 55.5. The average molecular weight is 984 g/mol. The van der Waals surface area contributed by atoms with E-state index >= 15 is 0 Å². The van der Waals surface area contributed by atoms with Gasteiger partial charge < -0.3 is 50.2 Å². The van der Waals surface area contributed by atoms with E-state index in [0.29, 0.717) is 45.3 Å². The van der Waals surface area contributed by atoms with E-state index in [0.717, 1.165) is 39.9 Å². The zero-order valence-electron chi connectivity index (χ0n) is 38.3. The second-order valence-electron chi connectivity index (χ2n) is 16.9. The van der Waals surface area contributed by atoms with E-state index in [9.17, 15) is 28.3 Å². The number of thiazole rings is 1. The first kappa shape index (κ1) is 51.7. The maximum atomic E-state index is 14.0. The molecule has 0 spiro atoms. The van der Waals surface area contributed by atoms with Crippen LogP contribution in [0, 0.1) is 24.0 Å². The molecule has 3 amide bonds. The summed E-state index contributed by atoms with van der Waals surface area (Å²) in [7, 11) is 0. The third-order valence-corrected chi connectivity index (χ3v) is 11.9. The predicted octanol–water partition coefficient (Wildman–Crippen LogP) is 5.27. The summed E-state index contributed by atoms with van der Waals surface area (Å²) in [6.45, 7) is 9.81. The van der Waals surface area contributed by atoms with Crippen molar-refractivity contribution < 1.29 is 47.2 Å². The number of β-amino-alcohol motifs (C(OH)–C–C–N with tert-alkyl or cyclic N) is 1. The van der Waals surface area contributed by atoms with Gasteiger partial charge in [0.2, 0.25) is 23.7 Å². The number of nitrogens with zero attached hydrogens (tertiary/aromatic N) is 6. The van der Waals surface area contributed by atoms with Crippen LogP contribution in [0.25, 0.3) is 10.4 Å². The molecule has 366 valence electrons. The van der Waals surface area contributed by atoms with Crippen molar-refractivity contribution in [1.29, 1.82) is 0 Å². The van der Waals surface area contributed by atoms with E-state index in [1.54, 1.807) is 33.9 Å². The molecule has 1 aliphatic heterocycles. The Labute approximate surface area is 402 Å². The van der Waals surface area contributed by atoms with Crippen molar-refractivity contribution >= 4 is 58.1 Å². The number of anilines is 3. The van der Waals surface area contributed by atoms with E-state index in [2.05, 4.69) is 41.3 Å². The highest BCUT2D eigenvalue weighted by Crippen LogP contribution is 2.29. The van der Waals surface area contributed by atoms with E-state index in [1.807, 2.05) is 52.0 Å². The Balaban J connectivity index is 0.804. The molecule has 18 nitrogen and oxygen atoms in total. The van der Waals surface area contributed by atoms with E-state index in [-0.39, 0.29) is 74.1 Å². The summed E-state index contributed by atoms with van der Waals surface area (Å²) < 4.78 is 51.5. The second kappa shape index (κ2) is 25.1. The number of aliphatic hydroxyl groups excluding tert-OH is 1. The molecule has 6 rings (SSSR count). The Morgan fingerprint density at radius 3 is 2.34 bits per heavy atom. The van der Waals surface area contributed by atoms with Gasteiger partial charge in [0.1, 0.15) is 35.3 Å². The van der Waals surface area contributed by atoms with Crippen LogP contribution in [0.2, 0.25) is 5.02 Å². The van der Waals surface area contributed by atoms with Crippen molar-refractivity contribution in [1.82, 2.24) is 40.3 Å². The summed E-state index contributed by atoms with van der Waals surface area (Å²) in [6, 6.07) is 9.15. The lowest BCUT2D eigenvalue weighted by molar-refractivity contribution is -0.144. The van der Waals surface area contributed by atoms with Gasteiger partial charge in [-0.3, -0.25) is 19.1 Å². The van der Waals surface area contributed by atoms with Crippen LogP contribution in [0.1, 0.15) is 44.0 Å². The van der Waals surface area contributed by atoms with Gasteiger partial charge in [0, 0.05) is 37.8 Å². The number of aryl methyl sites for hydroxylation is 1. The highest BCUT2D eigenvalue weighted by Gasteiger charge is 2.44. The van der Waals surface area contributed by atoms with Gasteiger partial charge >= 0.3 is 0 Å². The molecule has 22 heteroatoms. The highest BCUT2D eigenvalue weighted by atomic mass is 35.5. The number of carbonyl (C=O) groups is 3. The fourth-order valence-corrected chi connectivity index (χ4v) is 8.02. The molecule has 2 aromatic carbocycles. The van der Waals surface area contributed by atoms with Crippen molar-refractivity contribution in [3.8, 4) is 10.4 Å². The quantitative estimate of drug-likeness (QED) is 0.0472. The number of likely N-dealkylation sites (tertiary alicyclic amines) is 1. The minimum absolute atomic E-state index is 0.0285. The Hall–Kier alpha value is -5.68. The van der Waals surface area contributed by atoms with Crippen LogP contribution in [0.15, 0.2) is 66.6 Å². The normalized spacial score (nSPS) is 15.3. The first-order valence-corrected chi connectivity index (χ1v) is 23.3. The number of aliphatic hydroxyl groups is 1. The topological polar surface area (TPSA) is 216 Å². The number of hydrogen-bond donors (Lipinski definition) is 5. The largest absolute Gasteiger partial charge is 0.391 e. The lowest BCUT2D eigenvalue weighted by Crippen LogP contribution is -2.58. The summed E-state index contributed by atoms with van der Waals surface area (Å²) in [5.74, 6) is -1.98. The molecule has 5 aromatic rings. The molecule has 5 N–H and O–H groups in total. The van der Waals surface area contributed by atoms with Crippen LogP contribution in [0.4, 0.5) is 26.2 Å². The van der Waals surface area contributed by atoms with Crippen molar-refractivity contribution in [2.24, 2.45) is 5.41 Å². The van der Waals surface area contributed by atoms with Crippen LogP contribution in [-0.4, -0.2) is 130 Å². The second-order valence-corrected chi connectivity index (χ2v) is 18.2. The molecule has 1 fully saturated rings. The molecule has 1 aliphatic rings. The number of benzene rings is 2. The SMILES string of the molecule is Cc1ncsc1-c1ccc(CNC(=O)[C@@H]2C[C@@H](O)CN2C(=O)[C@@H](NC(=O)COCCOCCOCCOCCn2cc(Nc3ncc(Cl)c(NCc4cc(F)ccc4F)n3)cn2)C(C)(C)C)cc1. The zero-order chi connectivity index (χ0) is 48.6. The van der Waals surface area contributed by atoms with Gasteiger partial charge in [-0.2, -0.15) is 10.1 Å².